The molecule has 0 saturated heterocycles. The van der Waals surface area contributed by atoms with Crippen LogP contribution >= 0.6 is 0 Å². The lowest BCUT2D eigenvalue weighted by Crippen LogP contribution is -2.22. The van der Waals surface area contributed by atoms with Crippen molar-refractivity contribution in [2.45, 2.75) is 18.9 Å². The van der Waals surface area contributed by atoms with E-state index in [4.69, 9.17) is 18.9 Å². The van der Waals surface area contributed by atoms with E-state index in [9.17, 15) is 9.59 Å². The predicted octanol–water partition coefficient (Wildman–Crippen LogP) is 6.22. The number of rotatable bonds is 6. The maximum atomic E-state index is 13.6. The van der Waals surface area contributed by atoms with Crippen LogP contribution in [-0.2, 0) is 18.4 Å². The fourth-order valence-corrected chi connectivity index (χ4v) is 5.69. The minimum Gasteiger partial charge on any atom is -0.497 e. The summed E-state index contributed by atoms with van der Waals surface area (Å²) in [6.07, 6.45) is 5.50. The number of aryl methyl sites for hydroxylation is 1. The van der Waals surface area contributed by atoms with Crippen LogP contribution in [-0.4, -0.2) is 28.4 Å². The quantitative estimate of drug-likeness (QED) is 0.139. The van der Waals surface area contributed by atoms with E-state index < -0.39 is 5.92 Å². The van der Waals surface area contributed by atoms with Crippen molar-refractivity contribution in [3.8, 4) is 23.0 Å². The fraction of sp³-hybridized carbons (Fsp3) is 0.147. The van der Waals surface area contributed by atoms with Crippen LogP contribution in [0.15, 0.2) is 90.9 Å². The summed E-state index contributed by atoms with van der Waals surface area (Å²) < 4.78 is 25.6. The Morgan fingerprint density at radius 3 is 2.71 bits per heavy atom. The Labute approximate surface area is 241 Å². The number of fused-ring (bicyclic) bond motifs is 4. The number of benzene rings is 3. The average molecular weight is 559 g/mol. The third-order valence-electron chi connectivity index (χ3n) is 7.69. The van der Waals surface area contributed by atoms with Crippen molar-refractivity contribution in [1.29, 1.82) is 0 Å². The van der Waals surface area contributed by atoms with Crippen molar-refractivity contribution in [3.05, 3.63) is 119 Å². The SMILES string of the molecule is COc1ccc2c(c1)c(/C=C1\Oc3c(ccc4c3[C@@H](c3ccccc3OCc3ccccn3)CC(=O)O4)C1=O)cn2C. The summed E-state index contributed by atoms with van der Waals surface area (Å²) in [4.78, 5) is 30.7. The first-order valence-corrected chi connectivity index (χ1v) is 13.6. The predicted molar refractivity (Wildman–Crippen MR) is 156 cm³/mol. The number of methoxy groups -OCH3 is 1. The molecule has 3 aromatic carbocycles. The molecule has 1 atom stereocenters. The second-order valence-electron chi connectivity index (χ2n) is 10.3. The largest absolute Gasteiger partial charge is 0.497 e. The van der Waals surface area contributed by atoms with Gasteiger partial charge in [-0.05, 0) is 54.6 Å². The summed E-state index contributed by atoms with van der Waals surface area (Å²) in [5.41, 5.74) is 4.48. The molecule has 0 unspecified atom stereocenters. The number of Topliss-reactive ketones (excluding diaryl/α,β-unsaturated/α-hetero) is 1. The number of esters is 1. The molecule has 0 amide bonds. The third kappa shape index (κ3) is 4.37. The minimum absolute atomic E-state index is 0.0765. The zero-order chi connectivity index (χ0) is 28.8. The summed E-state index contributed by atoms with van der Waals surface area (Å²) in [6.45, 7) is 0.270. The number of allylic oxidation sites excluding steroid dienone is 1. The molecule has 0 fully saturated rings. The number of carbonyl (C=O) groups excluding carboxylic acids is 2. The second-order valence-corrected chi connectivity index (χ2v) is 10.3. The number of hydrogen-bond acceptors (Lipinski definition) is 7. The third-order valence-corrected chi connectivity index (χ3v) is 7.69. The van der Waals surface area contributed by atoms with Gasteiger partial charge in [0.2, 0.25) is 5.78 Å². The summed E-state index contributed by atoms with van der Waals surface area (Å²) >= 11 is 0. The van der Waals surface area contributed by atoms with Gasteiger partial charge in [-0.15, -0.1) is 0 Å². The first kappa shape index (κ1) is 25.6. The molecule has 0 N–H and O–H groups in total. The van der Waals surface area contributed by atoms with Crippen molar-refractivity contribution < 1.29 is 28.5 Å². The number of aromatic nitrogens is 2. The average Bonchev–Trinajstić information content (AvgIpc) is 3.50. The normalized spacial score (nSPS) is 16.6. The summed E-state index contributed by atoms with van der Waals surface area (Å²) in [6, 6.07) is 22.4. The van der Waals surface area contributed by atoms with Crippen LogP contribution in [0.3, 0.4) is 0 Å². The number of nitrogens with zero attached hydrogens (tertiary/aromatic N) is 2. The molecule has 4 heterocycles. The number of pyridine rings is 1. The molecule has 0 spiro atoms. The Hall–Kier alpha value is -5.37. The van der Waals surface area contributed by atoms with Gasteiger partial charge in [0, 0.05) is 53.0 Å². The van der Waals surface area contributed by atoms with Crippen LogP contribution in [0.25, 0.3) is 17.0 Å². The smallest absolute Gasteiger partial charge is 0.312 e. The Kier molecular flexibility index (Phi) is 6.23. The molecule has 2 aliphatic heterocycles. The van der Waals surface area contributed by atoms with Gasteiger partial charge in [-0.25, -0.2) is 0 Å². The van der Waals surface area contributed by atoms with E-state index in [1.807, 2.05) is 78.5 Å². The zero-order valence-electron chi connectivity index (χ0n) is 23.0. The van der Waals surface area contributed by atoms with E-state index in [0.29, 0.717) is 28.4 Å². The van der Waals surface area contributed by atoms with Crippen molar-refractivity contribution in [3.63, 3.8) is 0 Å². The van der Waals surface area contributed by atoms with Crippen LogP contribution in [0.1, 0.15) is 45.1 Å². The van der Waals surface area contributed by atoms with E-state index in [1.54, 1.807) is 31.5 Å². The van der Waals surface area contributed by atoms with Gasteiger partial charge in [0.25, 0.3) is 0 Å². The molecule has 0 saturated carbocycles. The molecule has 7 rings (SSSR count). The number of carbonyl (C=O) groups is 2. The van der Waals surface area contributed by atoms with Gasteiger partial charge in [-0.1, -0.05) is 24.3 Å². The van der Waals surface area contributed by atoms with Crippen LogP contribution in [0.5, 0.6) is 23.0 Å². The van der Waals surface area contributed by atoms with Gasteiger partial charge in [0.15, 0.2) is 5.76 Å². The highest BCUT2D eigenvalue weighted by Crippen LogP contribution is 2.50. The molecule has 0 radical (unpaired) electrons. The number of ether oxygens (including phenoxy) is 4. The molecule has 2 aromatic heterocycles. The lowest BCUT2D eigenvalue weighted by molar-refractivity contribution is -0.135. The van der Waals surface area contributed by atoms with Gasteiger partial charge in [0.1, 0.15) is 29.6 Å². The number of hydrogen-bond donors (Lipinski definition) is 0. The molecule has 0 aliphatic carbocycles. The number of ketones is 1. The Balaban J connectivity index is 1.28. The van der Waals surface area contributed by atoms with E-state index in [-0.39, 0.29) is 30.5 Å². The van der Waals surface area contributed by atoms with Gasteiger partial charge >= 0.3 is 5.97 Å². The molecule has 8 nitrogen and oxygen atoms in total. The molecule has 5 aromatic rings. The van der Waals surface area contributed by atoms with Crippen molar-refractivity contribution in [1.82, 2.24) is 9.55 Å². The number of para-hydroxylation sites is 1. The summed E-state index contributed by atoms with van der Waals surface area (Å²) in [7, 11) is 3.57. The van der Waals surface area contributed by atoms with Crippen LogP contribution in [0.2, 0.25) is 0 Å². The highest BCUT2D eigenvalue weighted by molar-refractivity contribution is 6.15. The highest BCUT2D eigenvalue weighted by atomic mass is 16.5. The highest BCUT2D eigenvalue weighted by Gasteiger charge is 2.39. The molecule has 8 heteroatoms. The molecule has 42 heavy (non-hydrogen) atoms. The molecule has 2 aliphatic rings. The monoisotopic (exact) mass is 558 g/mol. The van der Waals surface area contributed by atoms with Gasteiger partial charge < -0.3 is 23.5 Å². The van der Waals surface area contributed by atoms with Crippen molar-refractivity contribution in [2.75, 3.05) is 7.11 Å². The van der Waals surface area contributed by atoms with Crippen LogP contribution in [0, 0.1) is 0 Å². The summed E-state index contributed by atoms with van der Waals surface area (Å²) in [5.74, 6) is 1.28. The molecular weight excluding hydrogens is 532 g/mol. The zero-order valence-corrected chi connectivity index (χ0v) is 23.0. The topological polar surface area (TPSA) is 88.9 Å². The van der Waals surface area contributed by atoms with Gasteiger partial charge in [-0.2, -0.15) is 0 Å². The molecule has 208 valence electrons. The Morgan fingerprint density at radius 1 is 1.02 bits per heavy atom. The van der Waals surface area contributed by atoms with E-state index >= 15 is 0 Å². The minimum atomic E-state index is -0.440. The van der Waals surface area contributed by atoms with Crippen molar-refractivity contribution in [2.24, 2.45) is 7.05 Å². The maximum absolute atomic E-state index is 13.6. The van der Waals surface area contributed by atoms with Gasteiger partial charge in [-0.3, -0.25) is 14.6 Å². The van der Waals surface area contributed by atoms with Gasteiger partial charge in [0.05, 0.1) is 24.8 Å². The van der Waals surface area contributed by atoms with E-state index in [0.717, 1.165) is 33.5 Å². The summed E-state index contributed by atoms with van der Waals surface area (Å²) in [5, 5.41) is 0.935. The maximum Gasteiger partial charge on any atom is 0.312 e. The van der Waals surface area contributed by atoms with Crippen molar-refractivity contribution >= 4 is 28.7 Å². The molecule has 0 bridgehead atoms. The van der Waals surface area contributed by atoms with Crippen LogP contribution < -0.4 is 18.9 Å². The van der Waals surface area contributed by atoms with Crippen LogP contribution in [0.4, 0.5) is 0 Å². The molecular formula is C34H26N2O6. The van der Waals surface area contributed by atoms with E-state index in [1.165, 1.54) is 0 Å². The van der Waals surface area contributed by atoms with E-state index in [2.05, 4.69) is 4.98 Å². The lowest BCUT2D eigenvalue weighted by Gasteiger charge is -2.27. The standard InChI is InChI=1S/C34H26N2O6/c1-36-18-20(25-16-22(39-2)10-12-27(25)36)15-30-33(38)24-11-13-29-32(34(24)42-30)26(17-31(37)41-29)23-8-3-4-9-28(23)40-19-21-7-5-6-14-35-21/h3-16,18,26H,17,19H2,1-2H3/b30-15-/t26-/m1/s1. The first-order chi connectivity index (χ1) is 20.5. The Morgan fingerprint density at radius 2 is 1.88 bits per heavy atom. The first-order valence-electron chi connectivity index (χ1n) is 13.6. The second kappa shape index (κ2) is 10.2. The fourth-order valence-electron chi connectivity index (χ4n) is 5.69. The Bertz CT molecular complexity index is 1910. The lowest BCUT2D eigenvalue weighted by atomic mass is 9.84.